The zero-order chi connectivity index (χ0) is 13.4. The second kappa shape index (κ2) is 5.06. The average Bonchev–Trinajstić information content (AvgIpc) is 2.84. The summed E-state index contributed by atoms with van der Waals surface area (Å²) in [4.78, 5) is 9.67. The van der Waals surface area contributed by atoms with E-state index >= 15 is 0 Å². The molecule has 4 rings (SSSR count). The smallest absolute Gasteiger partial charge is 0.0703 e. The summed E-state index contributed by atoms with van der Waals surface area (Å²) in [6, 6.07) is 11.6. The van der Waals surface area contributed by atoms with Crippen LogP contribution in [-0.2, 0) is 0 Å². The highest BCUT2D eigenvalue weighted by molar-refractivity contribution is 5.82. The largest absolute Gasteiger partial charge is 0.370 e. The van der Waals surface area contributed by atoms with Gasteiger partial charge in [-0.3, -0.25) is 9.88 Å². The number of benzene rings is 1. The van der Waals surface area contributed by atoms with Gasteiger partial charge in [-0.2, -0.15) is 0 Å². The van der Waals surface area contributed by atoms with E-state index in [-0.39, 0.29) is 0 Å². The molecule has 1 aromatic carbocycles. The number of aromatic nitrogens is 1. The van der Waals surface area contributed by atoms with Crippen molar-refractivity contribution in [3.8, 4) is 0 Å². The molecule has 0 aliphatic carbocycles. The number of nitrogens with zero attached hydrogens (tertiary/aromatic N) is 3. The zero-order valence-electron chi connectivity index (χ0n) is 11.8. The van der Waals surface area contributed by atoms with Crippen molar-refractivity contribution in [2.75, 3.05) is 31.1 Å². The van der Waals surface area contributed by atoms with Gasteiger partial charge in [-0.15, -0.1) is 0 Å². The Kier molecular flexibility index (Phi) is 3.07. The Morgan fingerprint density at radius 1 is 1.05 bits per heavy atom. The summed E-state index contributed by atoms with van der Waals surface area (Å²) < 4.78 is 0. The Morgan fingerprint density at radius 2 is 2.00 bits per heavy atom. The van der Waals surface area contributed by atoms with E-state index in [2.05, 4.69) is 39.0 Å². The van der Waals surface area contributed by atoms with Crippen molar-refractivity contribution in [1.82, 2.24) is 9.88 Å². The van der Waals surface area contributed by atoms with Crippen LogP contribution < -0.4 is 4.90 Å². The Hall–Kier alpha value is -1.61. The van der Waals surface area contributed by atoms with Crippen LogP contribution in [-0.4, -0.2) is 42.1 Å². The number of fused-ring (bicyclic) bond motifs is 2. The molecule has 2 aromatic rings. The molecule has 3 nitrogen and oxygen atoms in total. The van der Waals surface area contributed by atoms with Crippen LogP contribution in [0.25, 0.3) is 10.9 Å². The van der Waals surface area contributed by atoms with E-state index in [4.69, 9.17) is 0 Å². The van der Waals surface area contributed by atoms with Crippen LogP contribution in [0.4, 0.5) is 5.69 Å². The molecule has 20 heavy (non-hydrogen) atoms. The average molecular weight is 267 g/mol. The van der Waals surface area contributed by atoms with E-state index in [0.29, 0.717) is 0 Å². The van der Waals surface area contributed by atoms with Crippen molar-refractivity contribution in [3.05, 3.63) is 36.5 Å². The van der Waals surface area contributed by atoms with E-state index in [1.807, 2.05) is 12.3 Å². The highest BCUT2D eigenvalue weighted by Gasteiger charge is 2.28. The fraction of sp³-hybridized carbons (Fsp3) is 0.471. The first-order valence-corrected chi connectivity index (χ1v) is 7.74. The number of pyridine rings is 1. The van der Waals surface area contributed by atoms with E-state index in [1.165, 1.54) is 56.5 Å². The minimum absolute atomic E-state index is 0.766. The molecule has 0 radical (unpaired) electrons. The SMILES string of the molecule is c1cnc2ccc(N3CCCN4CCCC4C3)cc2c1. The Bertz CT molecular complexity index is 610. The summed E-state index contributed by atoms with van der Waals surface area (Å²) in [5.41, 5.74) is 2.45. The first-order chi connectivity index (χ1) is 9.90. The zero-order valence-corrected chi connectivity index (χ0v) is 11.8. The van der Waals surface area contributed by atoms with Crippen LogP contribution in [0.1, 0.15) is 19.3 Å². The maximum Gasteiger partial charge on any atom is 0.0703 e. The predicted molar refractivity (Wildman–Crippen MR) is 83.2 cm³/mol. The number of hydrogen-bond donors (Lipinski definition) is 0. The van der Waals surface area contributed by atoms with Gasteiger partial charge < -0.3 is 4.90 Å². The molecule has 3 heterocycles. The molecule has 3 heteroatoms. The van der Waals surface area contributed by atoms with Gasteiger partial charge in [0, 0.05) is 42.9 Å². The molecular weight excluding hydrogens is 246 g/mol. The van der Waals surface area contributed by atoms with Crippen LogP contribution >= 0.6 is 0 Å². The third-order valence-electron chi connectivity index (χ3n) is 4.76. The van der Waals surface area contributed by atoms with Gasteiger partial charge in [-0.25, -0.2) is 0 Å². The quantitative estimate of drug-likeness (QED) is 0.792. The molecule has 0 N–H and O–H groups in total. The fourth-order valence-electron chi connectivity index (χ4n) is 3.70. The van der Waals surface area contributed by atoms with Crippen molar-refractivity contribution >= 4 is 16.6 Å². The van der Waals surface area contributed by atoms with Gasteiger partial charge in [0.1, 0.15) is 0 Å². The molecule has 1 atom stereocenters. The predicted octanol–water partition coefficient (Wildman–Crippen LogP) is 2.91. The van der Waals surface area contributed by atoms with E-state index in [0.717, 1.165) is 11.6 Å². The molecule has 2 aliphatic heterocycles. The molecule has 0 saturated carbocycles. The van der Waals surface area contributed by atoms with Crippen LogP contribution in [0.2, 0.25) is 0 Å². The highest BCUT2D eigenvalue weighted by atomic mass is 15.3. The summed E-state index contributed by atoms with van der Waals surface area (Å²) in [7, 11) is 0. The van der Waals surface area contributed by atoms with E-state index in [1.54, 1.807) is 0 Å². The Labute approximate surface area is 120 Å². The summed E-state index contributed by atoms with van der Waals surface area (Å²) >= 11 is 0. The van der Waals surface area contributed by atoms with Gasteiger partial charge in [0.2, 0.25) is 0 Å². The summed E-state index contributed by atoms with van der Waals surface area (Å²) in [6.07, 6.45) is 5.89. The number of anilines is 1. The normalized spacial score (nSPS) is 23.8. The lowest BCUT2D eigenvalue weighted by Crippen LogP contribution is -2.36. The summed E-state index contributed by atoms with van der Waals surface area (Å²) in [6.45, 7) is 4.95. The number of hydrogen-bond acceptors (Lipinski definition) is 3. The van der Waals surface area contributed by atoms with Crippen LogP contribution in [0, 0.1) is 0 Å². The molecule has 0 amide bonds. The maximum atomic E-state index is 4.41. The highest BCUT2D eigenvalue weighted by Crippen LogP contribution is 2.26. The molecule has 0 spiro atoms. The molecular formula is C17H21N3. The molecule has 2 fully saturated rings. The van der Waals surface area contributed by atoms with Crippen molar-refractivity contribution < 1.29 is 0 Å². The lowest BCUT2D eigenvalue weighted by molar-refractivity contribution is 0.273. The number of rotatable bonds is 1. The Balaban J connectivity index is 1.64. The molecule has 2 saturated heterocycles. The maximum absolute atomic E-state index is 4.41. The van der Waals surface area contributed by atoms with Crippen LogP contribution in [0.3, 0.4) is 0 Å². The second-order valence-corrected chi connectivity index (χ2v) is 6.01. The van der Waals surface area contributed by atoms with Crippen LogP contribution in [0.5, 0.6) is 0 Å². The fourth-order valence-corrected chi connectivity index (χ4v) is 3.70. The first kappa shape index (κ1) is 12.2. The third-order valence-corrected chi connectivity index (χ3v) is 4.76. The third kappa shape index (κ3) is 2.16. The molecule has 1 aromatic heterocycles. The van der Waals surface area contributed by atoms with Gasteiger partial charge in [0.15, 0.2) is 0 Å². The summed E-state index contributed by atoms with van der Waals surface area (Å²) in [5.74, 6) is 0. The first-order valence-electron chi connectivity index (χ1n) is 7.74. The van der Waals surface area contributed by atoms with Gasteiger partial charge >= 0.3 is 0 Å². The molecule has 104 valence electrons. The van der Waals surface area contributed by atoms with Gasteiger partial charge in [-0.1, -0.05) is 6.07 Å². The van der Waals surface area contributed by atoms with Gasteiger partial charge in [0.25, 0.3) is 0 Å². The molecule has 1 unspecified atom stereocenters. The van der Waals surface area contributed by atoms with Gasteiger partial charge in [-0.05, 0) is 50.1 Å². The van der Waals surface area contributed by atoms with Crippen molar-refractivity contribution in [3.63, 3.8) is 0 Å². The lowest BCUT2D eigenvalue weighted by atomic mass is 10.1. The summed E-state index contributed by atoms with van der Waals surface area (Å²) in [5, 5.41) is 1.25. The van der Waals surface area contributed by atoms with Crippen molar-refractivity contribution in [1.29, 1.82) is 0 Å². The molecule has 2 aliphatic rings. The second-order valence-electron chi connectivity index (χ2n) is 6.01. The Morgan fingerprint density at radius 3 is 3.00 bits per heavy atom. The van der Waals surface area contributed by atoms with E-state index < -0.39 is 0 Å². The minimum atomic E-state index is 0.766. The van der Waals surface area contributed by atoms with E-state index in [9.17, 15) is 0 Å². The minimum Gasteiger partial charge on any atom is -0.370 e. The van der Waals surface area contributed by atoms with Crippen molar-refractivity contribution in [2.24, 2.45) is 0 Å². The van der Waals surface area contributed by atoms with Crippen molar-refractivity contribution in [2.45, 2.75) is 25.3 Å². The monoisotopic (exact) mass is 267 g/mol. The van der Waals surface area contributed by atoms with Gasteiger partial charge in [0.05, 0.1) is 5.52 Å². The standard InChI is InChI=1S/C17H21N3/c1-4-14-12-15(6-7-17(14)18-8-1)20-11-3-10-19-9-2-5-16(19)13-20/h1,4,6-8,12,16H,2-3,5,9-11,13H2. The lowest BCUT2D eigenvalue weighted by Gasteiger charge is -2.27. The van der Waals surface area contributed by atoms with Crippen LogP contribution in [0.15, 0.2) is 36.5 Å². The molecule has 0 bridgehead atoms. The topological polar surface area (TPSA) is 19.4 Å².